The number of nitrogens with one attached hydrogen (secondary N) is 1. The maximum atomic E-state index is 12.2. The van der Waals surface area contributed by atoms with Crippen LogP contribution in [-0.4, -0.2) is 30.5 Å². The van der Waals surface area contributed by atoms with Crippen molar-refractivity contribution in [3.8, 4) is 0 Å². The fourth-order valence-electron chi connectivity index (χ4n) is 1.86. The molecule has 0 spiro atoms. The fourth-order valence-corrected chi connectivity index (χ4v) is 3.35. The summed E-state index contributed by atoms with van der Waals surface area (Å²) in [6.45, 7) is 3.03. The Labute approximate surface area is 122 Å². The van der Waals surface area contributed by atoms with E-state index < -0.39 is 27.0 Å². The SMILES string of the molecule is CCC[C@@H](NS(=O)(=O)c1cccc([N+](=O)[O-])c1C)C(=O)O. The molecule has 116 valence electrons. The first-order valence-electron chi connectivity index (χ1n) is 6.19. The van der Waals surface area contributed by atoms with Crippen LogP contribution in [0.3, 0.4) is 0 Å². The molecule has 0 saturated heterocycles. The van der Waals surface area contributed by atoms with E-state index in [0.29, 0.717) is 6.42 Å². The maximum absolute atomic E-state index is 12.2. The number of sulfonamides is 1. The molecule has 0 radical (unpaired) electrons. The van der Waals surface area contributed by atoms with E-state index in [1.807, 2.05) is 0 Å². The highest BCUT2D eigenvalue weighted by molar-refractivity contribution is 7.89. The molecule has 0 aliphatic carbocycles. The summed E-state index contributed by atoms with van der Waals surface area (Å²) in [5.41, 5.74) is -0.365. The number of rotatable bonds is 7. The van der Waals surface area contributed by atoms with Crippen LogP contribution >= 0.6 is 0 Å². The molecule has 1 rings (SSSR count). The quantitative estimate of drug-likeness (QED) is 0.579. The molecule has 21 heavy (non-hydrogen) atoms. The molecule has 0 aliphatic rings. The van der Waals surface area contributed by atoms with Gasteiger partial charge in [0.1, 0.15) is 6.04 Å². The van der Waals surface area contributed by atoms with E-state index in [-0.39, 0.29) is 22.6 Å². The van der Waals surface area contributed by atoms with Crippen molar-refractivity contribution in [2.75, 3.05) is 0 Å². The molecule has 0 heterocycles. The van der Waals surface area contributed by atoms with Crippen molar-refractivity contribution in [3.05, 3.63) is 33.9 Å². The lowest BCUT2D eigenvalue weighted by molar-refractivity contribution is -0.385. The Morgan fingerprint density at radius 3 is 2.57 bits per heavy atom. The van der Waals surface area contributed by atoms with Crippen LogP contribution in [0.2, 0.25) is 0 Å². The molecule has 2 N–H and O–H groups in total. The molecule has 0 aromatic heterocycles. The Morgan fingerprint density at radius 2 is 2.10 bits per heavy atom. The molecule has 9 heteroatoms. The van der Waals surface area contributed by atoms with Gasteiger partial charge in [0.15, 0.2) is 0 Å². The second-order valence-electron chi connectivity index (χ2n) is 4.46. The van der Waals surface area contributed by atoms with E-state index in [9.17, 15) is 23.3 Å². The van der Waals surface area contributed by atoms with E-state index in [0.717, 1.165) is 0 Å². The highest BCUT2D eigenvalue weighted by Gasteiger charge is 2.28. The Kier molecular flexibility index (Phi) is 5.39. The Morgan fingerprint density at radius 1 is 1.48 bits per heavy atom. The molecule has 1 atom stereocenters. The zero-order chi connectivity index (χ0) is 16.2. The molecular weight excluding hydrogens is 300 g/mol. The van der Waals surface area contributed by atoms with E-state index in [4.69, 9.17) is 5.11 Å². The van der Waals surface area contributed by atoms with E-state index in [1.54, 1.807) is 6.92 Å². The highest BCUT2D eigenvalue weighted by Crippen LogP contribution is 2.24. The van der Waals surface area contributed by atoms with E-state index >= 15 is 0 Å². The van der Waals surface area contributed by atoms with Gasteiger partial charge >= 0.3 is 5.97 Å². The minimum absolute atomic E-state index is 0.0318. The number of hydrogen-bond acceptors (Lipinski definition) is 5. The van der Waals surface area contributed by atoms with Gasteiger partial charge in [0.05, 0.1) is 9.82 Å². The number of hydrogen-bond donors (Lipinski definition) is 2. The summed E-state index contributed by atoms with van der Waals surface area (Å²) in [6, 6.07) is 2.37. The third-order valence-corrected chi connectivity index (χ3v) is 4.53. The van der Waals surface area contributed by atoms with Gasteiger partial charge in [-0.05, 0) is 19.4 Å². The second kappa shape index (κ2) is 6.64. The number of nitro groups is 1. The summed E-state index contributed by atoms with van der Waals surface area (Å²) in [4.78, 5) is 20.9. The van der Waals surface area contributed by atoms with Crippen molar-refractivity contribution >= 4 is 21.7 Å². The lowest BCUT2D eigenvalue weighted by atomic mass is 10.2. The van der Waals surface area contributed by atoms with Crippen molar-refractivity contribution in [2.45, 2.75) is 37.6 Å². The summed E-state index contributed by atoms with van der Waals surface area (Å²) >= 11 is 0. The Hall–Kier alpha value is -2.00. The fraction of sp³-hybridized carbons (Fsp3) is 0.417. The molecule has 0 amide bonds. The summed E-state index contributed by atoms with van der Waals surface area (Å²) in [6.07, 6.45) is 0.607. The van der Waals surface area contributed by atoms with Gasteiger partial charge in [-0.3, -0.25) is 14.9 Å². The van der Waals surface area contributed by atoms with Crippen molar-refractivity contribution < 1.29 is 23.2 Å². The summed E-state index contributed by atoms with van der Waals surface area (Å²) in [5, 5.41) is 19.8. The molecule has 0 saturated carbocycles. The highest BCUT2D eigenvalue weighted by atomic mass is 32.2. The molecule has 0 aliphatic heterocycles. The van der Waals surface area contributed by atoms with Gasteiger partial charge in [-0.1, -0.05) is 19.4 Å². The van der Waals surface area contributed by atoms with Crippen LogP contribution in [0.5, 0.6) is 0 Å². The number of aliphatic carboxylic acids is 1. The maximum Gasteiger partial charge on any atom is 0.321 e. The average Bonchev–Trinajstić information content (AvgIpc) is 2.37. The van der Waals surface area contributed by atoms with Crippen LogP contribution in [0.4, 0.5) is 5.69 Å². The lowest BCUT2D eigenvalue weighted by Crippen LogP contribution is -2.40. The lowest BCUT2D eigenvalue weighted by Gasteiger charge is -2.15. The minimum atomic E-state index is -4.15. The predicted molar refractivity (Wildman–Crippen MR) is 74.5 cm³/mol. The monoisotopic (exact) mass is 316 g/mol. The van der Waals surface area contributed by atoms with Crippen molar-refractivity contribution in [3.63, 3.8) is 0 Å². The van der Waals surface area contributed by atoms with Crippen LogP contribution < -0.4 is 4.72 Å². The van der Waals surface area contributed by atoms with Crippen molar-refractivity contribution in [1.82, 2.24) is 4.72 Å². The Balaban J connectivity index is 3.22. The minimum Gasteiger partial charge on any atom is -0.480 e. The van der Waals surface area contributed by atoms with E-state index in [1.165, 1.54) is 25.1 Å². The smallest absolute Gasteiger partial charge is 0.321 e. The topological polar surface area (TPSA) is 127 Å². The molecule has 8 nitrogen and oxygen atoms in total. The van der Waals surface area contributed by atoms with Gasteiger partial charge < -0.3 is 5.11 Å². The first-order chi connectivity index (χ1) is 9.70. The average molecular weight is 316 g/mol. The van der Waals surface area contributed by atoms with Gasteiger partial charge in [0.2, 0.25) is 10.0 Å². The van der Waals surface area contributed by atoms with Crippen molar-refractivity contribution in [2.24, 2.45) is 0 Å². The third kappa shape index (κ3) is 3.99. The zero-order valence-corrected chi connectivity index (χ0v) is 12.4. The van der Waals surface area contributed by atoms with Gasteiger partial charge in [-0.25, -0.2) is 8.42 Å². The molecule has 0 bridgehead atoms. The molecule has 0 fully saturated rings. The first-order valence-corrected chi connectivity index (χ1v) is 7.68. The predicted octanol–water partition coefficient (Wildman–Crippen LogP) is 1.43. The number of carbonyl (C=O) groups is 1. The van der Waals surface area contributed by atoms with Crippen molar-refractivity contribution in [1.29, 1.82) is 0 Å². The van der Waals surface area contributed by atoms with Gasteiger partial charge in [0, 0.05) is 11.6 Å². The van der Waals surface area contributed by atoms with Crippen LogP contribution in [0.15, 0.2) is 23.1 Å². The standard InChI is InChI=1S/C12H16N2O6S/c1-3-5-9(12(15)16)13-21(19,20)11-7-4-6-10(8(11)2)14(17)18/h4,6-7,9,13H,3,5H2,1-2H3,(H,15,16)/t9-/m1/s1. The second-order valence-corrected chi connectivity index (χ2v) is 6.14. The Bertz CT molecular complexity index is 656. The summed E-state index contributed by atoms with van der Waals surface area (Å²) in [5.74, 6) is -1.29. The molecular formula is C12H16N2O6S. The molecule has 1 aromatic rings. The summed E-state index contributed by atoms with van der Waals surface area (Å²) < 4.78 is 26.5. The number of nitro benzene ring substituents is 1. The van der Waals surface area contributed by atoms with Crippen LogP contribution in [0.25, 0.3) is 0 Å². The third-order valence-electron chi connectivity index (χ3n) is 2.91. The van der Waals surface area contributed by atoms with E-state index in [2.05, 4.69) is 4.72 Å². The number of nitrogens with zero attached hydrogens (tertiary/aromatic N) is 1. The van der Waals surface area contributed by atoms with Gasteiger partial charge in [-0.15, -0.1) is 0 Å². The normalized spacial score (nSPS) is 12.9. The number of carboxylic acids is 1. The van der Waals surface area contributed by atoms with Crippen LogP contribution in [0.1, 0.15) is 25.3 Å². The summed E-state index contributed by atoms with van der Waals surface area (Å²) in [7, 11) is -4.15. The molecule has 0 unspecified atom stereocenters. The number of benzene rings is 1. The van der Waals surface area contributed by atoms with Gasteiger partial charge in [0.25, 0.3) is 5.69 Å². The number of carboxylic acid groups (broad SMARTS) is 1. The van der Waals surface area contributed by atoms with Crippen LogP contribution in [0, 0.1) is 17.0 Å². The first kappa shape index (κ1) is 17.1. The largest absolute Gasteiger partial charge is 0.480 e. The zero-order valence-electron chi connectivity index (χ0n) is 11.6. The van der Waals surface area contributed by atoms with Crippen LogP contribution in [-0.2, 0) is 14.8 Å². The molecule has 1 aromatic carbocycles. The van der Waals surface area contributed by atoms with Gasteiger partial charge in [-0.2, -0.15) is 4.72 Å².